The molecule has 0 rings (SSSR count). The molecule has 0 aromatic heterocycles. The minimum Gasteiger partial charge on any atom is -0.378 e. The van der Waals surface area contributed by atoms with Gasteiger partial charge in [-0.3, -0.25) is 0 Å². The van der Waals surface area contributed by atoms with E-state index in [0.29, 0.717) is 85.9 Å². The average Bonchev–Trinajstić information content (AvgIpc) is 2.63. The molecule has 0 N–H and O–H groups in total. The van der Waals surface area contributed by atoms with E-state index in [2.05, 4.69) is 29.2 Å². The Morgan fingerprint density at radius 1 is 0.480 bits per heavy atom. The van der Waals surface area contributed by atoms with Crippen LogP contribution in [0.25, 0.3) is 0 Å². The van der Waals surface area contributed by atoms with Crippen molar-refractivity contribution < 1.29 is 33.2 Å². The first-order chi connectivity index (χ1) is 12.4. The summed E-state index contributed by atoms with van der Waals surface area (Å²) in [5.74, 6) is 0. The van der Waals surface area contributed by atoms with E-state index in [1.54, 1.807) is 6.08 Å². The van der Waals surface area contributed by atoms with Gasteiger partial charge in [0.05, 0.1) is 92.5 Å². The molecule has 0 unspecified atom stereocenters. The fraction of sp³-hybridized carbons (Fsp3) is 0.882. The molecule has 0 aromatic carbocycles. The highest BCUT2D eigenvalue weighted by atomic mass is 127. The van der Waals surface area contributed by atoms with Crippen molar-refractivity contribution in [1.29, 1.82) is 0 Å². The largest absolute Gasteiger partial charge is 0.378 e. The zero-order valence-corrected chi connectivity index (χ0v) is 17.3. The van der Waals surface area contributed by atoms with Crippen molar-refractivity contribution in [2.45, 2.75) is 0 Å². The number of ether oxygens (including phenoxy) is 7. The molecule has 0 heterocycles. The van der Waals surface area contributed by atoms with Crippen molar-refractivity contribution in [2.24, 2.45) is 0 Å². The molecule has 0 bridgehead atoms. The summed E-state index contributed by atoms with van der Waals surface area (Å²) < 4.78 is 38.4. The summed E-state index contributed by atoms with van der Waals surface area (Å²) in [5.41, 5.74) is 0. The fourth-order valence-corrected chi connectivity index (χ4v) is 1.85. The quantitative estimate of drug-likeness (QED) is 0.102. The van der Waals surface area contributed by atoms with Crippen LogP contribution in [-0.2, 0) is 33.2 Å². The summed E-state index contributed by atoms with van der Waals surface area (Å²) in [6.45, 7) is 11.8. The molecule has 0 amide bonds. The van der Waals surface area contributed by atoms with Gasteiger partial charge in [-0.1, -0.05) is 28.7 Å². The van der Waals surface area contributed by atoms with Crippen LogP contribution in [0.5, 0.6) is 0 Å². The Labute approximate surface area is 165 Å². The van der Waals surface area contributed by atoms with Gasteiger partial charge in [0.15, 0.2) is 0 Å². The second kappa shape index (κ2) is 24.2. The number of hydrogen-bond donors (Lipinski definition) is 0. The predicted molar refractivity (Wildman–Crippen MR) is 105 cm³/mol. The lowest BCUT2D eigenvalue weighted by molar-refractivity contribution is -0.0192. The molecule has 0 saturated heterocycles. The second-order valence-corrected chi connectivity index (χ2v) is 5.81. The Morgan fingerprint density at radius 2 is 0.760 bits per heavy atom. The van der Waals surface area contributed by atoms with E-state index in [9.17, 15) is 0 Å². The van der Waals surface area contributed by atoms with Gasteiger partial charge < -0.3 is 33.2 Å². The van der Waals surface area contributed by atoms with Gasteiger partial charge in [-0.05, 0) is 0 Å². The van der Waals surface area contributed by atoms with Crippen molar-refractivity contribution in [3.63, 3.8) is 0 Å². The molecule has 0 aliphatic rings. The van der Waals surface area contributed by atoms with E-state index in [1.165, 1.54) is 0 Å². The van der Waals surface area contributed by atoms with Gasteiger partial charge in [0, 0.05) is 4.43 Å². The summed E-state index contributed by atoms with van der Waals surface area (Å²) >= 11 is 2.28. The molecule has 8 heteroatoms. The van der Waals surface area contributed by atoms with Crippen molar-refractivity contribution in [3.8, 4) is 0 Å². The van der Waals surface area contributed by atoms with Crippen LogP contribution in [0, 0.1) is 0 Å². The second-order valence-electron chi connectivity index (χ2n) is 4.73. The van der Waals surface area contributed by atoms with Gasteiger partial charge >= 0.3 is 0 Å². The van der Waals surface area contributed by atoms with Crippen molar-refractivity contribution in [1.82, 2.24) is 0 Å². The zero-order chi connectivity index (χ0) is 18.3. The first-order valence-electron chi connectivity index (χ1n) is 8.63. The minimum atomic E-state index is 0.552. The Balaban J connectivity index is 2.95. The third-order valence-electron chi connectivity index (χ3n) is 2.69. The molecule has 0 spiro atoms. The first-order valence-corrected chi connectivity index (χ1v) is 10.2. The third-order valence-corrected chi connectivity index (χ3v) is 3.13. The van der Waals surface area contributed by atoms with Crippen molar-refractivity contribution >= 4 is 22.6 Å². The van der Waals surface area contributed by atoms with Gasteiger partial charge in [0.1, 0.15) is 0 Å². The van der Waals surface area contributed by atoms with Crippen LogP contribution in [0.1, 0.15) is 0 Å². The van der Waals surface area contributed by atoms with E-state index >= 15 is 0 Å². The molecule has 0 aromatic rings. The Bertz CT molecular complexity index is 257. The fourth-order valence-electron chi connectivity index (χ4n) is 1.54. The molecule has 7 nitrogen and oxygen atoms in total. The molecule has 0 aliphatic carbocycles. The Morgan fingerprint density at radius 3 is 1.04 bits per heavy atom. The van der Waals surface area contributed by atoms with Crippen LogP contribution >= 0.6 is 22.6 Å². The Kier molecular flexibility index (Phi) is 24.4. The summed E-state index contributed by atoms with van der Waals surface area (Å²) in [4.78, 5) is 0. The molecule has 0 saturated carbocycles. The molecular weight excluding hydrogens is 443 g/mol. The van der Waals surface area contributed by atoms with Crippen molar-refractivity contribution in [3.05, 3.63) is 12.7 Å². The van der Waals surface area contributed by atoms with Gasteiger partial charge in [0.2, 0.25) is 0 Å². The third kappa shape index (κ3) is 24.2. The maximum absolute atomic E-state index is 5.40. The van der Waals surface area contributed by atoms with E-state index in [-0.39, 0.29) is 0 Å². The molecular formula is C17H33IO7. The maximum Gasteiger partial charge on any atom is 0.0704 e. The number of alkyl halides is 1. The van der Waals surface area contributed by atoms with E-state index < -0.39 is 0 Å². The van der Waals surface area contributed by atoms with Crippen LogP contribution in [-0.4, -0.2) is 96.9 Å². The maximum atomic E-state index is 5.40. The van der Waals surface area contributed by atoms with E-state index in [4.69, 9.17) is 33.2 Å². The van der Waals surface area contributed by atoms with Crippen LogP contribution in [0.2, 0.25) is 0 Å². The minimum absolute atomic E-state index is 0.552. The zero-order valence-electron chi connectivity index (χ0n) is 15.1. The average molecular weight is 476 g/mol. The summed E-state index contributed by atoms with van der Waals surface area (Å²) in [6.07, 6.45) is 1.72. The molecule has 150 valence electrons. The predicted octanol–water partition coefficient (Wildman–Crippen LogP) is 1.72. The van der Waals surface area contributed by atoms with Gasteiger partial charge in [-0.25, -0.2) is 0 Å². The standard InChI is InChI=1S/C17H33IO7/c1-2-4-19-6-8-21-10-12-23-14-16-25-17-15-24-13-11-22-9-7-20-5-3-18/h2H,1,3-17H2. The van der Waals surface area contributed by atoms with Crippen LogP contribution < -0.4 is 0 Å². The van der Waals surface area contributed by atoms with Crippen LogP contribution in [0.4, 0.5) is 0 Å². The SMILES string of the molecule is C=CCOCCOCCOCCOCCOCCOCCOCCI. The van der Waals surface area contributed by atoms with Gasteiger partial charge in [-0.15, -0.1) is 6.58 Å². The smallest absolute Gasteiger partial charge is 0.0704 e. The highest BCUT2D eigenvalue weighted by Crippen LogP contribution is 1.86. The highest BCUT2D eigenvalue weighted by molar-refractivity contribution is 14.1. The van der Waals surface area contributed by atoms with Crippen LogP contribution in [0.3, 0.4) is 0 Å². The molecule has 25 heavy (non-hydrogen) atoms. The van der Waals surface area contributed by atoms with Gasteiger partial charge in [0.25, 0.3) is 0 Å². The summed E-state index contributed by atoms with van der Waals surface area (Å²) in [6, 6.07) is 0. The first kappa shape index (κ1) is 25.2. The Hall–Kier alpha value is 0.190. The molecule has 0 atom stereocenters. The number of rotatable bonds is 22. The monoisotopic (exact) mass is 476 g/mol. The van der Waals surface area contributed by atoms with Gasteiger partial charge in [-0.2, -0.15) is 0 Å². The van der Waals surface area contributed by atoms with Crippen LogP contribution in [0.15, 0.2) is 12.7 Å². The normalized spacial score (nSPS) is 11.1. The van der Waals surface area contributed by atoms with E-state index in [1.807, 2.05) is 0 Å². The van der Waals surface area contributed by atoms with Crippen molar-refractivity contribution in [2.75, 3.05) is 96.9 Å². The highest BCUT2D eigenvalue weighted by Gasteiger charge is 1.94. The molecule has 0 fully saturated rings. The lowest BCUT2D eigenvalue weighted by Gasteiger charge is -2.08. The summed E-state index contributed by atoms with van der Waals surface area (Å²) in [5, 5.41) is 0. The topological polar surface area (TPSA) is 64.6 Å². The summed E-state index contributed by atoms with van der Waals surface area (Å²) in [7, 11) is 0. The number of halogens is 1. The molecule has 0 radical (unpaired) electrons. The lowest BCUT2D eigenvalue weighted by atomic mass is 10.6. The molecule has 0 aliphatic heterocycles. The van der Waals surface area contributed by atoms with E-state index in [0.717, 1.165) is 11.0 Å². The number of hydrogen-bond acceptors (Lipinski definition) is 7. The lowest BCUT2D eigenvalue weighted by Crippen LogP contribution is -2.14.